The van der Waals surface area contributed by atoms with Crippen LogP contribution in [-0.4, -0.2) is 46.2 Å². The van der Waals surface area contributed by atoms with E-state index in [1.807, 2.05) is 6.92 Å². The molecule has 2 fully saturated rings. The number of aliphatic carboxylic acids is 1. The van der Waals surface area contributed by atoms with Gasteiger partial charge in [0.05, 0.1) is 12.0 Å². The van der Waals surface area contributed by atoms with Gasteiger partial charge in [-0.1, -0.05) is 19.8 Å². The molecule has 19 heavy (non-hydrogen) atoms. The Hall–Kier alpha value is -1.10. The van der Waals surface area contributed by atoms with Crippen molar-refractivity contribution in [3.8, 4) is 0 Å². The van der Waals surface area contributed by atoms with Crippen LogP contribution in [-0.2, 0) is 9.59 Å². The molecule has 0 aromatic rings. The van der Waals surface area contributed by atoms with Gasteiger partial charge < -0.3 is 15.1 Å². The topological polar surface area (TPSA) is 77.8 Å². The van der Waals surface area contributed by atoms with Crippen LogP contribution >= 0.6 is 0 Å². The molecule has 5 nitrogen and oxygen atoms in total. The number of carboxylic acid groups (broad SMARTS) is 1. The second kappa shape index (κ2) is 5.90. The molecule has 2 aliphatic rings. The van der Waals surface area contributed by atoms with Crippen LogP contribution in [0.1, 0.15) is 39.0 Å². The zero-order valence-corrected chi connectivity index (χ0v) is 11.4. The highest BCUT2D eigenvalue weighted by atomic mass is 16.4. The number of carbonyl (C=O) groups is 2. The summed E-state index contributed by atoms with van der Waals surface area (Å²) in [6.07, 6.45) is 3.79. The molecule has 1 heterocycles. The molecule has 2 rings (SSSR count). The Kier molecular flexibility index (Phi) is 4.45. The lowest BCUT2D eigenvalue weighted by Crippen LogP contribution is -2.35. The van der Waals surface area contributed by atoms with Gasteiger partial charge in [0.2, 0.25) is 5.91 Å². The van der Waals surface area contributed by atoms with Crippen LogP contribution in [0.2, 0.25) is 0 Å². The average molecular weight is 269 g/mol. The minimum absolute atomic E-state index is 0.00144. The second-order valence-electron chi connectivity index (χ2n) is 6.04. The number of amides is 1. The normalized spacial score (nSPS) is 35.4. The van der Waals surface area contributed by atoms with Gasteiger partial charge in [-0.15, -0.1) is 0 Å². The van der Waals surface area contributed by atoms with Crippen molar-refractivity contribution in [2.24, 2.45) is 17.8 Å². The lowest BCUT2D eigenvalue weighted by molar-refractivity contribution is -0.142. The second-order valence-corrected chi connectivity index (χ2v) is 6.04. The van der Waals surface area contributed by atoms with Crippen LogP contribution in [0.5, 0.6) is 0 Å². The van der Waals surface area contributed by atoms with Crippen LogP contribution in [0.4, 0.5) is 0 Å². The number of hydrogen-bond acceptors (Lipinski definition) is 3. The third-order valence-electron chi connectivity index (χ3n) is 4.59. The van der Waals surface area contributed by atoms with Crippen molar-refractivity contribution < 1.29 is 19.8 Å². The third kappa shape index (κ3) is 3.26. The fraction of sp³-hybridized carbons (Fsp3) is 0.857. The largest absolute Gasteiger partial charge is 0.481 e. The van der Waals surface area contributed by atoms with Gasteiger partial charge in [0.1, 0.15) is 0 Å². The van der Waals surface area contributed by atoms with Gasteiger partial charge in [-0.2, -0.15) is 0 Å². The molecule has 0 aromatic carbocycles. The van der Waals surface area contributed by atoms with E-state index < -0.39 is 11.9 Å². The van der Waals surface area contributed by atoms with Crippen LogP contribution in [0.15, 0.2) is 0 Å². The van der Waals surface area contributed by atoms with Crippen LogP contribution in [0, 0.1) is 17.8 Å². The molecule has 0 spiro atoms. The van der Waals surface area contributed by atoms with Crippen molar-refractivity contribution in [1.29, 1.82) is 0 Å². The van der Waals surface area contributed by atoms with Gasteiger partial charge >= 0.3 is 5.97 Å². The molecule has 1 aliphatic carbocycles. The maximum Gasteiger partial charge on any atom is 0.308 e. The Morgan fingerprint density at radius 3 is 2.47 bits per heavy atom. The monoisotopic (exact) mass is 269 g/mol. The molecule has 1 aliphatic heterocycles. The van der Waals surface area contributed by atoms with E-state index in [0.29, 0.717) is 19.5 Å². The summed E-state index contributed by atoms with van der Waals surface area (Å²) in [6.45, 7) is 2.72. The highest BCUT2D eigenvalue weighted by Gasteiger charge is 2.38. The molecule has 0 radical (unpaired) electrons. The molecule has 0 unspecified atom stereocenters. The first-order valence-corrected chi connectivity index (χ1v) is 7.17. The minimum atomic E-state index is -0.819. The van der Waals surface area contributed by atoms with E-state index in [-0.39, 0.29) is 23.8 Å². The number of hydrogen-bond donors (Lipinski definition) is 2. The first-order chi connectivity index (χ1) is 8.99. The standard InChI is InChI=1S/C14H23NO4/c1-9-7-15(8-11(9)14(18)19)13(17)6-10-4-2-3-5-12(10)16/h9-12,16H,2-8H2,1H3,(H,18,19)/t9-,10+,11-,12-/m1/s1. The third-order valence-corrected chi connectivity index (χ3v) is 4.59. The van der Waals surface area contributed by atoms with Gasteiger partial charge in [0.15, 0.2) is 0 Å². The SMILES string of the molecule is C[C@@H]1CN(C(=O)C[C@@H]2CCCC[C@H]2O)C[C@H]1C(=O)O. The summed E-state index contributed by atoms with van der Waals surface area (Å²) in [7, 11) is 0. The lowest BCUT2D eigenvalue weighted by Gasteiger charge is -2.28. The van der Waals surface area contributed by atoms with Crippen molar-refractivity contribution in [3.63, 3.8) is 0 Å². The fourth-order valence-electron chi connectivity index (χ4n) is 3.27. The number of nitrogens with zero attached hydrogens (tertiary/aromatic N) is 1. The van der Waals surface area contributed by atoms with Gasteiger partial charge in [0, 0.05) is 19.5 Å². The highest BCUT2D eigenvalue weighted by molar-refractivity contribution is 5.79. The molecular formula is C14H23NO4. The van der Waals surface area contributed by atoms with E-state index in [1.54, 1.807) is 4.90 Å². The Morgan fingerprint density at radius 2 is 1.89 bits per heavy atom. The van der Waals surface area contributed by atoms with Crippen molar-refractivity contribution in [2.45, 2.75) is 45.1 Å². The number of aliphatic hydroxyl groups excluding tert-OH is 1. The summed E-state index contributed by atoms with van der Waals surface area (Å²) >= 11 is 0. The smallest absolute Gasteiger partial charge is 0.308 e. The first-order valence-electron chi connectivity index (χ1n) is 7.17. The summed E-state index contributed by atoms with van der Waals surface area (Å²) < 4.78 is 0. The molecule has 0 aromatic heterocycles. The molecular weight excluding hydrogens is 246 g/mol. The van der Waals surface area contributed by atoms with Crippen molar-refractivity contribution >= 4 is 11.9 Å². The maximum absolute atomic E-state index is 12.2. The molecule has 0 bridgehead atoms. The maximum atomic E-state index is 12.2. The predicted molar refractivity (Wildman–Crippen MR) is 69.5 cm³/mol. The van der Waals surface area contributed by atoms with Gasteiger partial charge in [-0.25, -0.2) is 0 Å². The number of rotatable bonds is 3. The van der Waals surface area contributed by atoms with Gasteiger partial charge in [-0.05, 0) is 24.7 Å². The quantitative estimate of drug-likeness (QED) is 0.804. The van der Waals surface area contributed by atoms with E-state index in [9.17, 15) is 14.7 Å². The van der Waals surface area contributed by atoms with Crippen LogP contribution in [0.25, 0.3) is 0 Å². The summed E-state index contributed by atoms with van der Waals surface area (Å²) in [5.74, 6) is -1.19. The van der Waals surface area contributed by atoms with Crippen molar-refractivity contribution in [3.05, 3.63) is 0 Å². The summed E-state index contributed by atoms with van der Waals surface area (Å²) in [6, 6.07) is 0. The zero-order valence-electron chi connectivity index (χ0n) is 11.4. The van der Waals surface area contributed by atoms with E-state index in [2.05, 4.69) is 0 Å². The average Bonchev–Trinajstić information content (AvgIpc) is 2.74. The Balaban J connectivity index is 1.88. The highest BCUT2D eigenvalue weighted by Crippen LogP contribution is 2.29. The Morgan fingerprint density at radius 1 is 1.21 bits per heavy atom. The van der Waals surface area contributed by atoms with Crippen molar-refractivity contribution in [1.82, 2.24) is 4.90 Å². The Labute approximate surface area is 113 Å². The summed E-state index contributed by atoms with van der Waals surface area (Å²) in [5, 5.41) is 19.0. The van der Waals surface area contributed by atoms with E-state index >= 15 is 0 Å². The number of aliphatic hydroxyl groups is 1. The van der Waals surface area contributed by atoms with Gasteiger partial charge in [-0.3, -0.25) is 9.59 Å². The van der Waals surface area contributed by atoms with E-state index in [0.717, 1.165) is 25.7 Å². The summed E-state index contributed by atoms with van der Waals surface area (Å²) in [4.78, 5) is 24.9. The summed E-state index contributed by atoms with van der Waals surface area (Å²) in [5.41, 5.74) is 0. The van der Waals surface area contributed by atoms with Crippen LogP contribution in [0.3, 0.4) is 0 Å². The molecule has 1 amide bonds. The number of carboxylic acids is 1. The molecule has 2 N–H and O–H groups in total. The molecule has 1 saturated heterocycles. The lowest BCUT2D eigenvalue weighted by atomic mass is 9.84. The zero-order chi connectivity index (χ0) is 14.0. The number of carbonyl (C=O) groups excluding carboxylic acids is 1. The van der Waals surface area contributed by atoms with E-state index in [4.69, 9.17) is 5.11 Å². The molecule has 1 saturated carbocycles. The Bertz CT molecular complexity index is 357. The molecule has 4 atom stereocenters. The number of likely N-dealkylation sites (tertiary alicyclic amines) is 1. The minimum Gasteiger partial charge on any atom is -0.481 e. The molecule has 108 valence electrons. The van der Waals surface area contributed by atoms with Gasteiger partial charge in [0.25, 0.3) is 0 Å². The van der Waals surface area contributed by atoms with Crippen LogP contribution < -0.4 is 0 Å². The van der Waals surface area contributed by atoms with Crippen molar-refractivity contribution in [2.75, 3.05) is 13.1 Å². The molecule has 5 heteroatoms. The first kappa shape index (κ1) is 14.3. The predicted octanol–water partition coefficient (Wildman–Crippen LogP) is 1.11. The fourth-order valence-corrected chi connectivity index (χ4v) is 3.27. The van der Waals surface area contributed by atoms with E-state index in [1.165, 1.54) is 0 Å².